The second-order valence-corrected chi connectivity index (χ2v) is 3.97. The average Bonchev–Trinajstić information content (AvgIpc) is 2.26. The van der Waals surface area contributed by atoms with Gasteiger partial charge in [0, 0.05) is 0 Å². The molecular weight excluding hydrogens is 200 g/mol. The van der Waals surface area contributed by atoms with Gasteiger partial charge < -0.3 is 4.74 Å². The molecule has 1 aromatic rings. The van der Waals surface area contributed by atoms with Crippen LogP contribution in [0.4, 0.5) is 5.69 Å². The summed E-state index contributed by atoms with van der Waals surface area (Å²) in [6, 6.07) is 4.15. The lowest BCUT2D eigenvalue weighted by Gasteiger charge is -2.12. The van der Waals surface area contributed by atoms with E-state index in [0.29, 0.717) is 5.92 Å². The molecule has 0 spiro atoms. The Bertz CT molecular complexity index is 409. The van der Waals surface area contributed by atoms with Crippen molar-refractivity contribution in [1.29, 1.82) is 0 Å². The van der Waals surface area contributed by atoms with Crippen LogP contribution in [0.5, 0.6) is 5.75 Å². The Labute approximate surface area is 96.9 Å². The van der Waals surface area contributed by atoms with Gasteiger partial charge in [0.25, 0.3) is 0 Å². The lowest BCUT2D eigenvalue weighted by atomic mass is 9.99. The maximum absolute atomic E-state index is 5.34. The Morgan fingerprint density at radius 2 is 2.06 bits per heavy atom. The smallest absolute Gasteiger partial charge is 0.145 e. The second kappa shape index (κ2) is 5.45. The summed E-state index contributed by atoms with van der Waals surface area (Å²) in [5.41, 5.74) is 3.15. The van der Waals surface area contributed by atoms with Gasteiger partial charge in [0.15, 0.2) is 0 Å². The number of aliphatic imine (C=N–C) groups is 2. The molecule has 0 atom stereocenters. The fourth-order valence-electron chi connectivity index (χ4n) is 1.53. The summed E-state index contributed by atoms with van der Waals surface area (Å²) < 4.78 is 5.34. The molecule has 0 aliphatic carbocycles. The highest BCUT2D eigenvalue weighted by Crippen LogP contribution is 2.34. The van der Waals surface area contributed by atoms with Crippen molar-refractivity contribution in [2.45, 2.75) is 26.7 Å². The van der Waals surface area contributed by atoms with Crippen LogP contribution in [0.3, 0.4) is 0 Å². The van der Waals surface area contributed by atoms with Crippen LogP contribution >= 0.6 is 0 Å². The van der Waals surface area contributed by atoms with Crippen molar-refractivity contribution in [2.24, 2.45) is 9.98 Å². The summed E-state index contributed by atoms with van der Waals surface area (Å²) in [5.74, 6) is 1.26. The summed E-state index contributed by atoms with van der Waals surface area (Å²) in [4.78, 5) is 7.82. The molecule has 0 heterocycles. The third-order valence-corrected chi connectivity index (χ3v) is 2.44. The molecule has 0 radical (unpaired) electrons. The molecule has 0 fully saturated rings. The molecule has 16 heavy (non-hydrogen) atoms. The SMILES string of the molecule is C=NC=Nc1c(C)cc(C(C)C)cc1OC. The summed E-state index contributed by atoms with van der Waals surface area (Å²) in [5, 5.41) is 0. The van der Waals surface area contributed by atoms with Gasteiger partial charge in [0.2, 0.25) is 0 Å². The number of nitrogens with zero attached hydrogens (tertiary/aromatic N) is 2. The van der Waals surface area contributed by atoms with Crippen molar-refractivity contribution in [3.63, 3.8) is 0 Å². The molecule has 0 aliphatic rings. The highest BCUT2D eigenvalue weighted by molar-refractivity contribution is 5.71. The summed E-state index contributed by atoms with van der Waals surface area (Å²) in [6.07, 6.45) is 1.43. The first-order valence-corrected chi connectivity index (χ1v) is 5.27. The fraction of sp³-hybridized carbons (Fsp3) is 0.385. The molecule has 0 aliphatic heterocycles. The van der Waals surface area contributed by atoms with E-state index in [-0.39, 0.29) is 0 Å². The van der Waals surface area contributed by atoms with Crippen LogP contribution in [0.1, 0.15) is 30.9 Å². The fourth-order valence-corrected chi connectivity index (χ4v) is 1.53. The Morgan fingerprint density at radius 3 is 2.56 bits per heavy atom. The van der Waals surface area contributed by atoms with Crippen LogP contribution in [0.25, 0.3) is 0 Å². The second-order valence-electron chi connectivity index (χ2n) is 3.97. The average molecular weight is 218 g/mol. The van der Waals surface area contributed by atoms with Gasteiger partial charge in [-0.2, -0.15) is 0 Å². The van der Waals surface area contributed by atoms with Crippen LogP contribution in [-0.4, -0.2) is 20.2 Å². The Morgan fingerprint density at radius 1 is 1.38 bits per heavy atom. The van der Waals surface area contributed by atoms with Crippen LogP contribution in [0.15, 0.2) is 22.1 Å². The number of methoxy groups -OCH3 is 1. The molecule has 0 bridgehead atoms. The monoisotopic (exact) mass is 218 g/mol. The maximum atomic E-state index is 5.34. The van der Waals surface area contributed by atoms with Crippen LogP contribution in [-0.2, 0) is 0 Å². The zero-order chi connectivity index (χ0) is 12.1. The molecule has 86 valence electrons. The predicted octanol–water partition coefficient (Wildman–Crippen LogP) is 3.49. The number of ether oxygens (including phenoxy) is 1. The molecule has 0 amide bonds. The van der Waals surface area contributed by atoms with Gasteiger partial charge in [-0.15, -0.1) is 0 Å². The number of hydrogen-bond donors (Lipinski definition) is 0. The minimum atomic E-state index is 0.475. The number of hydrogen-bond acceptors (Lipinski definition) is 2. The first-order chi connectivity index (χ1) is 7.60. The summed E-state index contributed by atoms with van der Waals surface area (Å²) in [7, 11) is 1.65. The Hall–Kier alpha value is -1.64. The normalized spacial score (nSPS) is 11.1. The summed E-state index contributed by atoms with van der Waals surface area (Å²) in [6.45, 7) is 9.70. The van der Waals surface area contributed by atoms with Crippen molar-refractivity contribution in [2.75, 3.05) is 7.11 Å². The van der Waals surface area contributed by atoms with E-state index in [1.165, 1.54) is 11.9 Å². The Balaban J connectivity index is 3.28. The van der Waals surface area contributed by atoms with E-state index in [4.69, 9.17) is 4.74 Å². The van der Waals surface area contributed by atoms with Crippen LogP contribution in [0, 0.1) is 6.92 Å². The van der Waals surface area contributed by atoms with Crippen molar-refractivity contribution in [1.82, 2.24) is 0 Å². The van der Waals surface area contributed by atoms with Gasteiger partial charge in [-0.05, 0) is 36.8 Å². The molecule has 3 nitrogen and oxygen atoms in total. The molecule has 0 N–H and O–H groups in total. The highest BCUT2D eigenvalue weighted by atomic mass is 16.5. The van der Waals surface area contributed by atoms with E-state index >= 15 is 0 Å². The molecule has 0 aromatic heterocycles. The first kappa shape index (κ1) is 12.4. The number of aryl methyl sites for hydroxylation is 1. The number of rotatable bonds is 4. The predicted molar refractivity (Wildman–Crippen MR) is 69.5 cm³/mol. The summed E-state index contributed by atoms with van der Waals surface area (Å²) >= 11 is 0. The molecule has 0 saturated heterocycles. The minimum Gasteiger partial charge on any atom is -0.494 e. The van der Waals surface area contributed by atoms with E-state index in [0.717, 1.165) is 17.0 Å². The first-order valence-electron chi connectivity index (χ1n) is 5.27. The van der Waals surface area contributed by atoms with Gasteiger partial charge in [-0.1, -0.05) is 19.9 Å². The molecule has 0 saturated carbocycles. The lowest BCUT2D eigenvalue weighted by Crippen LogP contribution is -1.93. The van der Waals surface area contributed by atoms with Gasteiger partial charge in [0.05, 0.1) is 7.11 Å². The van der Waals surface area contributed by atoms with E-state index in [1.807, 2.05) is 13.0 Å². The molecule has 0 unspecified atom stereocenters. The molecule has 3 heteroatoms. The van der Waals surface area contributed by atoms with Gasteiger partial charge >= 0.3 is 0 Å². The maximum Gasteiger partial charge on any atom is 0.145 e. The third kappa shape index (κ3) is 2.69. The highest BCUT2D eigenvalue weighted by Gasteiger charge is 2.09. The van der Waals surface area contributed by atoms with Crippen molar-refractivity contribution >= 4 is 18.7 Å². The quantitative estimate of drug-likeness (QED) is 0.562. The van der Waals surface area contributed by atoms with Crippen molar-refractivity contribution in [3.8, 4) is 5.75 Å². The standard InChI is InChI=1S/C13H18N2O/c1-9(2)11-6-10(3)13(15-8-14-4)12(7-11)16-5/h6-9H,4H2,1-3,5H3. The van der Waals surface area contributed by atoms with Crippen LogP contribution < -0.4 is 4.74 Å². The van der Waals surface area contributed by atoms with E-state index in [9.17, 15) is 0 Å². The van der Waals surface area contributed by atoms with Crippen molar-refractivity contribution in [3.05, 3.63) is 23.3 Å². The third-order valence-electron chi connectivity index (χ3n) is 2.44. The van der Waals surface area contributed by atoms with Gasteiger partial charge in [-0.3, -0.25) is 4.99 Å². The molecule has 1 aromatic carbocycles. The van der Waals surface area contributed by atoms with E-state index in [2.05, 4.69) is 36.6 Å². The number of benzene rings is 1. The van der Waals surface area contributed by atoms with E-state index in [1.54, 1.807) is 7.11 Å². The minimum absolute atomic E-state index is 0.475. The van der Waals surface area contributed by atoms with Gasteiger partial charge in [-0.25, -0.2) is 4.99 Å². The van der Waals surface area contributed by atoms with E-state index < -0.39 is 0 Å². The zero-order valence-electron chi connectivity index (χ0n) is 10.3. The van der Waals surface area contributed by atoms with Gasteiger partial charge in [0.1, 0.15) is 17.8 Å². The lowest BCUT2D eigenvalue weighted by molar-refractivity contribution is 0.415. The topological polar surface area (TPSA) is 34.0 Å². The Kier molecular flexibility index (Phi) is 4.23. The zero-order valence-corrected chi connectivity index (χ0v) is 10.3. The molecule has 1 rings (SSSR count). The van der Waals surface area contributed by atoms with Crippen LogP contribution in [0.2, 0.25) is 0 Å². The molecular formula is C13H18N2O. The van der Waals surface area contributed by atoms with Crippen molar-refractivity contribution < 1.29 is 4.74 Å². The largest absolute Gasteiger partial charge is 0.494 e.